The second-order valence-corrected chi connectivity index (χ2v) is 3.22. The third-order valence-corrected chi connectivity index (χ3v) is 1.97. The molecular weight excluding hydrogens is 174 g/mol. The van der Waals surface area contributed by atoms with Crippen LogP contribution in [0.1, 0.15) is 19.4 Å². The minimum atomic E-state index is 0.712. The molecule has 0 bridgehead atoms. The summed E-state index contributed by atoms with van der Waals surface area (Å²) in [7, 11) is 1.62. The van der Waals surface area contributed by atoms with Crippen molar-refractivity contribution in [3.8, 4) is 11.8 Å². The Labute approximate surface area is 84.4 Å². The molecule has 14 heavy (non-hydrogen) atoms. The standard InChI is InChI=1S/C12H13NO/c1-9(2)12(8-13)10-5-4-6-11(7-10)14-3/h4-7H,1-3H3. The Balaban J connectivity index is 3.20. The number of hydrogen-bond donors (Lipinski definition) is 0. The van der Waals surface area contributed by atoms with E-state index in [-0.39, 0.29) is 0 Å². The van der Waals surface area contributed by atoms with Crippen molar-refractivity contribution in [1.82, 2.24) is 0 Å². The largest absolute Gasteiger partial charge is 0.497 e. The molecule has 0 fully saturated rings. The van der Waals surface area contributed by atoms with E-state index >= 15 is 0 Å². The molecule has 0 N–H and O–H groups in total. The summed E-state index contributed by atoms with van der Waals surface area (Å²) < 4.78 is 5.10. The Morgan fingerprint density at radius 3 is 2.57 bits per heavy atom. The van der Waals surface area contributed by atoms with Gasteiger partial charge in [0.1, 0.15) is 5.75 Å². The van der Waals surface area contributed by atoms with Crippen LogP contribution in [-0.4, -0.2) is 7.11 Å². The zero-order valence-corrected chi connectivity index (χ0v) is 8.66. The summed E-state index contributed by atoms with van der Waals surface area (Å²) in [5.41, 5.74) is 2.64. The highest BCUT2D eigenvalue weighted by atomic mass is 16.5. The van der Waals surface area contributed by atoms with Gasteiger partial charge < -0.3 is 4.74 Å². The van der Waals surface area contributed by atoms with Crippen molar-refractivity contribution >= 4 is 5.57 Å². The van der Waals surface area contributed by atoms with Crippen LogP contribution in [0, 0.1) is 11.3 Å². The van der Waals surface area contributed by atoms with Crippen LogP contribution >= 0.6 is 0 Å². The molecule has 2 heteroatoms. The molecule has 1 aromatic rings. The molecule has 0 spiro atoms. The van der Waals surface area contributed by atoms with E-state index in [0.717, 1.165) is 16.9 Å². The second-order valence-electron chi connectivity index (χ2n) is 3.22. The second kappa shape index (κ2) is 4.48. The number of hydrogen-bond acceptors (Lipinski definition) is 2. The highest BCUT2D eigenvalue weighted by Crippen LogP contribution is 2.21. The first-order valence-corrected chi connectivity index (χ1v) is 4.41. The van der Waals surface area contributed by atoms with Crippen molar-refractivity contribution in [3.63, 3.8) is 0 Å². The molecular formula is C12H13NO. The zero-order chi connectivity index (χ0) is 10.6. The molecule has 1 rings (SSSR count). The lowest BCUT2D eigenvalue weighted by Crippen LogP contribution is -1.87. The summed E-state index contributed by atoms with van der Waals surface area (Å²) in [5, 5.41) is 8.96. The number of allylic oxidation sites excluding steroid dienone is 2. The minimum Gasteiger partial charge on any atom is -0.497 e. The zero-order valence-electron chi connectivity index (χ0n) is 8.66. The Bertz CT molecular complexity index is 395. The monoisotopic (exact) mass is 187 g/mol. The van der Waals surface area contributed by atoms with Gasteiger partial charge in [0, 0.05) is 0 Å². The van der Waals surface area contributed by atoms with Crippen molar-refractivity contribution < 1.29 is 4.74 Å². The van der Waals surface area contributed by atoms with Crippen molar-refractivity contribution in [1.29, 1.82) is 5.26 Å². The van der Waals surface area contributed by atoms with Gasteiger partial charge in [-0.3, -0.25) is 0 Å². The lowest BCUT2D eigenvalue weighted by atomic mass is 10.0. The number of methoxy groups -OCH3 is 1. The SMILES string of the molecule is COc1cccc(C(C#N)=C(C)C)c1. The third-order valence-electron chi connectivity index (χ3n) is 1.97. The number of benzene rings is 1. The van der Waals surface area contributed by atoms with E-state index in [0.29, 0.717) is 5.57 Å². The van der Waals surface area contributed by atoms with Crippen molar-refractivity contribution in [2.75, 3.05) is 7.11 Å². The van der Waals surface area contributed by atoms with E-state index in [1.54, 1.807) is 7.11 Å². The fraction of sp³-hybridized carbons (Fsp3) is 0.250. The van der Waals surface area contributed by atoms with Gasteiger partial charge in [-0.15, -0.1) is 0 Å². The molecule has 2 nitrogen and oxygen atoms in total. The molecule has 72 valence electrons. The number of nitrogens with zero attached hydrogens (tertiary/aromatic N) is 1. The normalized spacial score (nSPS) is 9.00. The van der Waals surface area contributed by atoms with Gasteiger partial charge in [-0.05, 0) is 31.5 Å². The molecule has 0 saturated carbocycles. The average molecular weight is 187 g/mol. The van der Waals surface area contributed by atoms with Crippen LogP contribution in [0.25, 0.3) is 5.57 Å². The highest BCUT2D eigenvalue weighted by molar-refractivity contribution is 5.79. The molecule has 0 heterocycles. The number of rotatable bonds is 2. The number of ether oxygens (including phenoxy) is 1. The van der Waals surface area contributed by atoms with E-state index < -0.39 is 0 Å². The van der Waals surface area contributed by atoms with Crippen LogP contribution in [0.15, 0.2) is 29.8 Å². The maximum Gasteiger partial charge on any atom is 0.119 e. The maximum atomic E-state index is 8.96. The minimum absolute atomic E-state index is 0.712. The quantitative estimate of drug-likeness (QED) is 0.667. The van der Waals surface area contributed by atoms with Gasteiger partial charge in [-0.1, -0.05) is 17.7 Å². The first kappa shape index (κ1) is 10.3. The summed E-state index contributed by atoms with van der Waals surface area (Å²) in [4.78, 5) is 0. The summed E-state index contributed by atoms with van der Waals surface area (Å²) in [5.74, 6) is 0.775. The predicted molar refractivity (Wildman–Crippen MR) is 56.9 cm³/mol. The Morgan fingerprint density at radius 1 is 1.36 bits per heavy atom. The van der Waals surface area contributed by atoms with Crippen LogP contribution in [0.2, 0.25) is 0 Å². The van der Waals surface area contributed by atoms with Gasteiger partial charge in [0.05, 0.1) is 18.8 Å². The first-order valence-electron chi connectivity index (χ1n) is 4.41. The molecule has 0 aliphatic heterocycles. The van der Waals surface area contributed by atoms with Gasteiger partial charge in [0.2, 0.25) is 0 Å². The molecule has 1 aromatic carbocycles. The van der Waals surface area contributed by atoms with E-state index in [2.05, 4.69) is 6.07 Å². The van der Waals surface area contributed by atoms with Crippen LogP contribution in [0.4, 0.5) is 0 Å². The lowest BCUT2D eigenvalue weighted by Gasteiger charge is -2.04. The molecule has 0 aromatic heterocycles. The lowest BCUT2D eigenvalue weighted by molar-refractivity contribution is 0.414. The summed E-state index contributed by atoms with van der Waals surface area (Å²) in [6.45, 7) is 3.86. The highest BCUT2D eigenvalue weighted by Gasteiger charge is 2.03. The van der Waals surface area contributed by atoms with Gasteiger partial charge in [0.15, 0.2) is 0 Å². The van der Waals surface area contributed by atoms with E-state index in [9.17, 15) is 0 Å². The summed E-state index contributed by atoms with van der Waals surface area (Å²) in [6.07, 6.45) is 0. The maximum absolute atomic E-state index is 8.96. The van der Waals surface area contributed by atoms with Crippen LogP contribution in [-0.2, 0) is 0 Å². The van der Waals surface area contributed by atoms with Crippen molar-refractivity contribution in [3.05, 3.63) is 35.4 Å². The van der Waals surface area contributed by atoms with Gasteiger partial charge in [-0.25, -0.2) is 0 Å². The van der Waals surface area contributed by atoms with Crippen molar-refractivity contribution in [2.45, 2.75) is 13.8 Å². The summed E-state index contributed by atoms with van der Waals surface area (Å²) in [6, 6.07) is 9.72. The Morgan fingerprint density at radius 2 is 2.07 bits per heavy atom. The van der Waals surface area contributed by atoms with Crippen LogP contribution in [0.5, 0.6) is 5.75 Å². The van der Waals surface area contributed by atoms with E-state index in [1.807, 2.05) is 38.1 Å². The summed E-state index contributed by atoms with van der Waals surface area (Å²) >= 11 is 0. The predicted octanol–water partition coefficient (Wildman–Crippen LogP) is 3.01. The molecule has 0 amide bonds. The Kier molecular flexibility index (Phi) is 3.30. The van der Waals surface area contributed by atoms with Gasteiger partial charge >= 0.3 is 0 Å². The third kappa shape index (κ3) is 2.14. The molecule has 0 aliphatic carbocycles. The van der Waals surface area contributed by atoms with Crippen LogP contribution < -0.4 is 4.74 Å². The fourth-order valence-corrected chi connectivity index (χ4v) is 1.24. The van der Waals surface area contributed by atoms with Crippen LogP contribution in [0.3, 0.4) is 0 Å². The Hall–Kier alpha value is -1.75. The molecule has 0 aliphatic rings. The smallest absolute Gasteiger partial charge is 0.119 e. The molecule has 0 saturated heterocycles. The van der Waals surface area contributed by atoms with Gasteiger partial charge in [0.25, 0.3) is 0 Å². The average Bonchev–Trinajstić information content (AvgIpc) is 2.19. The molecule has 0 unspecified atom stereocenters. The fourth-order valence-electron chi connectivity index (χ4n) is 1.24. The van der Waals surface area contributed by atoms with E-state index in [1.165, 1.54) is 0 Å². The molecule has 0 atom stereocenters. The topological polar surface area (TPSA) is 33.0 Å². The van der Waals surface area contributed by atoms with Crippen molar-refractivity contribution in [2.24, 2.45) is 0 Å². The van der Waals surface area contributed by atoms with Gasteiger partial charge in [-0.2, -0.15) is 5.26 Å². The molecule has 0 radical (unpaired) electrons. The first-order chi connectivity index (χ1) is 6.69. The van der Waals surface area contributed by atoms with E-state index in [4.69, 9.17) is 10.00 Å². The number of nitriles is 1.